The van der Waals surface area contributed by atoms with Gasteiger partial charge in [0.1, 0.15) is 0 Å². The number of aromatic nitrogens is 2. The van der Waals surface area contributed by atoms with Gasteiger partial charge in [-0.3, -0.25) is 0 Å². The zero-order valence-corrected chi connectivity index (χ0v) is 15.3. The molecule has 3 aliphatic carbocycles. The Balaban J connectivity index is 1.81. The minimum Gasteiger partial charge on any atom is -0.478 e. The summed E-state index contributed by atoms with van der Waals surface area (Å²) in [6.07, 6.45) is 9.80. The number of aromatic carboxylic acids is 1. The smallest absolute Gasteiger partial charge is 0.335 e. The van der Waals surface area contributed by atoms with Crippen molar-refractivity contribution in [3.8, 4) is 0 Å². The monoisotopic (exact) mass is 393 g/mol. The Morgan fingerprint density at radius 2 is 2.00 bits per heavy atom. The summed E-state index contributed by atoms with van der Waals surface area (Å²) in [5.41, 5.74) is 4.17. The Morgan fingerprint density at radius 1 is 1.18 bits per heavy atom. The normalized spacial score (nSPS) is 22.7. The average molecular weight is 393 g/mol. The maximum Gasteiger partial charge on any atom is 0.335 e. The highest BCUT2D eigenvalue weighted by atomic mass is 32.2. The minimum absolute atomic E-state index is 0.00703. The van der Waals surface area contributed by atoms with Crippen molar-refractivity contribution >= 4 is 32.6 Å². The Kier molecular flexibility index (Phi) is 3.47. The molecular weight excluding hydrogens is 378 g/mol. The number of rotatable bonds is 2. The van der Waals surface area contributed by atoms with Crippen molar-refractivity contribution in [2.24, 2.45) is 11.1 Å². The van der Waals surface area contributed by atoms with Crippen molar-refractivity contribution in [1.29, 1.82) is 0 Å². The van der Waals surface area contributed by atoms with E-state index in [1.807, 2.05) is 18.2 Å². The lowest BCUT2D eigenvalue weighted by Gasteiger charge is -2.33. The second-order valence-electron chi connectivity index (χ2n) is 7.10. The van der Waals surface area contributed by atoms with E-state index in [1.165, 1.54) is 12.1 Å². The number of benzene rings is 1. The van der Waals surface area contributed by atoms with Gasteiger partial charge in [-0.05, 0) is 47.9 Å². The highest BCUT2D eigenvalue weighted by Gasteiger charge is 2.37. The molecule has 8 heteroatoms. The quantitative estimate of drug-likeness (QED) is 0.808. The molecule has 1 aromatic carbocycles. The number of primary sulfonamides is 1. The number of carboxylic acids is 1. The van der Waals surface area contributed by atoms with Gasteiger partial charge >= 0.3 is 5.97 Å². The zero-order valence-electron chi connectivity index (χ0n) is 14.5. The van der Waals surface area contributed by atoms with Gasteiger partial charge in [-0.25, -0.2) is 28.3 Å². The Morgan fingerprint density at radius 3 is 2.75 bits per heavy atom. The maximum atomic E-state index is 12.0. The van der Waals surface area contributed by atoms with Crippen LogP contribution in [0.4, 0.5) is 0 Å². The summed E-state index contributed by atoms with van der Waals surface area (Å²) in [5, 5.41) is 14.6. The van der Waals surface area contributed by atoms with Crippen LogP contribution in [0.15, 0.2) is 59.1 Å². The molecule has 2 aromatic rings. The van der Waals surface area contributed by atoms with Crippen LogP contribution in [0.3, 0.4) is 0 Å². The third-order valence-corrected chi connectivity index (χ3v) is 6.29. The number of carbonyl (C=O) groups is 1. The first-order valence-electron chi connectivity index (χ1n) is 8.71. The highest BCUT2D eigenvalue weighted by molar-refractivity contribution is 7.93. The molecule has 0 radical (unpaired) electrons. The van der Waals surface area contributed by atoms with E-state index in [-0.39, 0.29) is 22.3 Å². The van der Waals surface area contributed by atoms with Gasteiger partial charge in [0.25, 0.3) is 0 Å². The standard InChI is InChI=1S/C20H15N3O4S/c21-28(26,27)13-6-10-2-1-3-11-7-14(10)15(9-13)19-18(11)22-16-5-4-12(20(24)25)8-17(16)23-19/h1-6,8-9,11,14H,7H2,(H,24,25)(H2,21,26,27). The van der Waals surface area contributed by atoms with Crippen LogP contribution in [-0.2, 0) is 10.0 Å². The molecule has 2 unspecified atom stereocenters. The van der Waals surface area contributed by atoms with Gasteiger partial charge < -0.3 is 5.11 Å². The lowest BCUT2D eigenvalue weighted by atomic mass is 9.73. The summed E-state index contributed by atoms with van der Waals surface area (Å²) in [6.45, 7) is 0. The first-order valence-corrected chi connectivity index (χ1v) is 10.3. The van der Waals surface area contributed by atoms with Crippen molar-refractivity contribution in [1.82, 2.24) is 9.97 Å². The van der Waals surface area contributed by atoms with Gasteiger partial charge in [0.2, 0.25) is 10.0 Å². The third-order valence-electron chi connectivity index (χ3n) is 5.40. The van der Waals surface area contributed by atoms with E-state index in [1.54, 1.807) is 18.2 Å². The van der Waals surface area contributed by atoms with Crippen LogP contribution in [0.5, 0.6) is 0 Å². The number of nitrogens with two attached hydrogens (primary N) is 1. The molecule has 28 heavy (non-hydrogen) atoms. The highest BCUT2D eigenvalue weighted by Crippen LogP contribution is 2.49. The van der Waals surface area contributed by atoms with Crippen LogP contribution in [-0.4, -0.2) is 29.5 Å². The summed E-state index contributed by atoms with van der Waals surface area (Å²) in [4.78, 5) is 20.8. The molecule has 2 atom stereocenters. The fraction of sp³-hybridized carbons (Fsp3) is 0.150. The van der Waals surface area contributed by atoms with E-state index in [0.29, 0.717) is 16.7 Å². The summed E-state index contributed by atoms with van der Waals surface area (Å²) in [5.74, 6) is -1.00. The van der Waals surface area contributed by atoms with Gasteiger partial charge in [0, 0.05) is 11.8 Å². The van der Waals surface area contributed by atoms with E-state index in [4.69, 9.17) is 15.1 Å². The topological polar surface area (TPSA) is 123 Å². The van der Waals surface area contributed by atoms with Gasteiger partial charge in [0.15, 0.2) is 0 Å². The molecule has 0 saturated heterocycles. The Bertz CT molecular complexity index is 1300. The van der Waals surface area contributed by atoms with E-state index < -0.39 is 16.0 Å². The van der Waals surface area contributed by atoms with Gasteiger partial charge in [-0.1, -0.05) is 18.2 Å². The maximum absolute atomic E-state index is 12.0. The molecular formula is C20H15N3O4S. The summed E-state index contributed by atoms with van der Waals surface area (Å²) in [7, 11) is -3.88. The number of hydrogen-bond donors (Lipinski definition) is 2. The molecule has 5 rings (SSSR count). The number of hydrogen-bond acceptors (Lipinski definition) is 5. The largest absolute Gasteiger partial charge is 0.478 e. The SMILES string of the molecule is NS(=O)(=O)C1=CC2=CC=CC3CC2C(=C1)c1nc2cc(C(=O)O)ccc2nc13. The van der Waals surface area contributed by atoms with E-state index in [0.717, 1.165) is 23.3 Å². The van der Waals surface area contributed by atoms with Crippen LogP contribution in [0.2, 0.25) is 0 Å². The zero-order chi connectivity index (χ0) is 19.6. The Hall–Kier alpha value is -3.10. The molecule has 7 nitrogen and oxygen atoms in total. The molecule has 140 valence electrons. The van der Waals surface area contributed by atoms with E-state index >= 15 is 0 Å². The van der Waals surface area contributed by atoms with Crippen LogP contribution >= 0.6 is 0 Å². The van der Waals surface area contributed by atoms with Crippen LogP contribution in [0.25, 0.3) is 16.6 Å². The van der Waals surface area contributed by atoms with Crippen LogP contribution < -0.4 is 5.14 Å². The number of sulfonamides is 1. The van der Waals surface area contributed by atoms with Crippen molar-refractivity contribution in [2.45, 2.75) is 12.3 Å². The van der Waals surface area contributed by atoms with E-state index in [2.05, 4.69) is 0 Å². The molecule has 0 spiro atoms. The van der Waals surface area contributed by atoms with Crippen molar-refractivity contribution < 1.29 is 18.3 Å². The van der Waals surface area contributed by atoms with Crippen molar-refractivity contribution in [3.63, 3.8) is 0 Å². The molecule has 3 N–H and O–H groups in total. The van der Waals surface area contributed by atoms with Crippen molar-refractivity contribution in [2.75, 3.05) is 0 Å². The van der Waals surface area contributed by atoms with E-state index in [9.17, 15) is 18.3 Å². The molecule has 0 saturated carbocycles. The molecule has 1 aromatic heterocycles. The van der Waals surface area contributed by atoms with Crippen molar-refractivity contribution in [3.05, 3.63) is 76.0 Å². The minimum atomic E-state index is -3.88. The molecule has 0 fully saturated rings. The fourth-order valence-electron chi connectivity index (χ4n) is 4.07. The first-order chi connectivity index (χ1) is 13.3. The summed E-state index contributed by atoms with van der Waals surface area (Å²) in [6, 6.07) is 4.63. The van der Waals surface area contributed by atoms with Gasteiger partial charge in [-0.2, -0.15) is 0 Å². The van der Waals surface area contributed by atoms with Gasteiger partial charge in [0.05, 0.1) is 32.9 Å². The molecule has 2 bridgehead atoms. The van der Waals surface area contributed by atoms with Crippen LogP contribution in [0, 0.1) is 5.92 Å². The fourth-order valence-corrected chi connectivity index (χ4v) is 4.66. The summed E-state index contributed by atoms with van der Waals surface area (Å²) < 4.78 is 24.0. The number of carboxylic acid groups (broad SMARTS) is 1. The second-order valence-corrected chi connectivity index (χ2v) is 8.67. The predicted octanol–water partition coefficient (Wildman–Crippen LogP) is 2.50. The lowest BCUT2D eigenvalue weighted by molar-refractivity contribution is 0.0697. The molecule has 3 aliphatic rings. The molecule has 0 aliphatic heterocycles. The third kappa shape index (κ3) is 2.53. The first kappa shape index (κ1) is 17.0. The average Bonchev–Trinajstić information content (AvgIpc) is 2.86. The number of nitrogens with zero attached hydrogens (tertiary/aromatic N) is 2. The Labute approximate surface area is 160 Å². The number of fused-ring (bicyclic) bond motifs is 5. The molecule has 1 heterocycles. The van der Waals surface area contributed by atoms with Crippen LogP contribution in [0.1, 0.15) is 34.1 Å². The second kappa shape index (κ2) is 5.70. The van der Waals surface area contributed by atoms with Gasteiger partial charge in [-0.15, -0.1) is 0 Å². The predicted molar refractivity (Wildman–Crippen MR) is 104 cm³/mol. The number of allylic oxidation sites excluding steroid dienone is 7. The summed E-state index contributed by atoms with van der Waals surface area (Å²) >= 11 is 0. The lowest BCUT2D eigenvalue weighted by Crippen LogP contribution is -2.24. The molecule has 0 amide bonds.